The summed E-state index contributed by atoms with van der Waals surface area (Å²) in [4.78, 5) is 0. The third-order valence-corrected chi connectivity index (χ3v) is 1.65. The minimum Gasteiger partial charge on any atom is -0.388 e. The SMILES string of the molecule is CNc1ccc(C)c(C#N)c1. The molecule has 0 radical (unpaired) electrons. The van der Waals surface area contributed by atoms with E-state index in [9.17, 15) is 0 Å². The molecule has 1 aromatic carbocycles. The molecule has 1 N–H and O–H groups in total. The van der Waals surface area contributed by atoms with Crippen LogP contribution in [-0.2, 0) is 0 Å². The summed E-state index contributed by atoms with van der Waals surface area (Å²) in [6, 6.07) is 7.86. The van der Waals surface area contributed by atoms with Crippen LogP contribution in [0.3, 0.4) is 0 Å². The van der Waals surface area contributed by atoms with E-state index >= 15 is 0 Å². The summed E-state index contributed by atoms with van der Waals surface area (Å²) < 4.78 is 0. The molecular formula is C9H10N2. The van der Waals surface area contributed by atoms with Crippen molar-refractivity contribution in [3.05, 3.63) is 29.3 Å². The Morgan fingerprint density at radius 1 is 1.45 bits per heavy atom. The maximum Gasteiger partial charge on any atom is 0.0995 e. The van der Waals surface area contributed by atoms with E-state index in [-0.39, 0.29) is 0 Å². The third-order valence-electron chi connectivity index (χ3n) is 1.65. The zero-order valence-corrected chi connectivity index (χ0v) is 6.68. The molecule has 0 aliphatic heterocycles. The topological polar surface area (TPSA) is 35.8 Å². The van der Waals surface area contributed by atoms with Gasteiger partial charge >= 0.3 is 0 Å². The summed E-state index contributed by atoms with van der Waals surface area (Å²) in [6.45, 7) is 1.93. The van der Waals surface area contributed by atoms with E-state index in [2.05, 4.69) is 11.4 Å². The molecular weight excluding hydrogens is 136 g/mol. The number of nitrogens with zero attached hydrogens (tertiary/aromatic N) is 1. The van der Waals surface area contributed by atoms with E-state index in [1.54, 1.807) is 0 Å². The lowest BCUT2D eigenvalue weighted by Crippen LogP contribution is -1.89. The van der Waals surface area contributed by atoms with Gasteiger partial charge in [-0.1, -0.05) is 6.07 Å². The van der Waals surface area contributed by atoms with E-state index in [0.29, 0.717) is 0 Å². The molecule has 2 heteroatoms. The Hall–Kier alpha value is -1.49. The zero-order valence-electron chi connectivity index (χ0n) is 6.68. The summed E-state index contributed by atoms with van der Waals surface area (Å²) in [7, 11) is 1.84. The maximum atomic E-state index is 8.66. The molecule has 0 saturated carbocycles. The van der Waals surface area contributed by atoms with Gasteiger partial charge in [-0.2, -0.15) is 5.26 Å². The average Bonchev–Trinajstić information content (AvgIpc) is 2.05. The number of hydrogen-bond acceptors (Lipinski definition) is 2. The van der Waals surface area contributed by atoms with Crippen LogP contribution >= 0.6 is 0 Å². The molecule has 0 aliphatic carbocycles. The van der Waals surface area contributed by atoms with Crippen LogP contribution in [0.4, 0.5) is 5.69 Å². The highest BCUT2D eigenvalue weighted by atomic mass is 14.8. The second kappa shape index (κ2) is 3.07. The molecule has 1 aromatic rings. The second-order valence-corrected chi connectivity index (χ2v) is 2.39. The Morgan fingerprint density at radius 3 is 2.73 bits per heavy atom. The predicted molar refractivity (Wildman–Crippen MR) is 45.4 cm³/mol. The summed E-state index contributed by atoms with van der Waals surface area (Å²) in [6.07, 6.45) is 0. The fraction of sp³-hybridized carbons (Fsp3) is 0.222. The lowest BCUT2D eigenvalue weighted by molar-refractivity contribution is 1.38. The van der Waals surface area contributed by atoms with Gasteiger partial charge in [-0.3, -0.25) is 0 Å². The minimum atomic E-state index is 0.733. The molecule has 56 valence electrons. The van der Waals surface area contributed by atoms with Crippen LogP contribution in [0.1, 0.15) is 11.1 Å². The molecule has 0 fully saturated rings. The Kier molecular flexibility index (Phi) is 2.12. The van der Waals surface area contributed by atoms with Crippen LogP contribution in [0.15, 0.2) is 18.2 Å². The van der Waals surface area contributed by atoms with E-state index in [4.69, 9.17) is 5.26 Å². The predicted octanol–water partition coefficient (Wildman–Crippen LogP) is 1.91. The number of aryl methyl sites for hydroxylation is 1. The Bertz CT molecular complexity index is 297. The Morgan fingerprint density at radius 2 is 2.18 bits per heavy atom. The van der Waals surface area contributed by atoms with Gasteiger partial charge in [0.1, 0.15) is 0 Å². The van der Waals surface area contributed by atoms with Crippen molar-refractivity contribution in [2.75, 3.05) is 12.4 Å². The van der Waals surface area contributed by atoms with Gasteiger partial charge in [0.05, 0.1) is 11.6 Å². The third kappa shape index (κ3) is 1.50. The first-order valence-corrected chi connectivity index (χ1v) is 3.46. The van der Waals surface area contributed by atoms with Crippen LogP contribution in [0.25, 0.3) is 0 Å². The first-order chi connectivity index (χ1) is 5.27. The number of anilines is 1. The van der Waals surface area contributed by atoms with Gasteiger partial charge in [0.25, 0.3) is 0 Å². The molecule has 0 aliphatic rings. The van der Waals surface area contributed by atoms with E-state index in [1.165, 1.54) is 0 Å². The van der Waals surface area contributed by atoms with Gasteiger partial charge in [-0.05, 0) is 24.6 Å². The quantitative estimate of drug-likeness (QED) is 0.656. The molecule has 0 bridgehead atoms. The molecule has 0 unspecified atom stereocenters. The van der Waals surface area contributed by atoms with Gasteiger partial charge in [-0.15, -0.1) is 0 Å². The van der Waals surface area contributed by atoms with E-state index in [1.807, 2.05) is 32.2 Å². The van der Waals surface area contributed by atoms with Crippen LogP contribution in [0.2, 0.25) is 0 Å². The van der Waals surface area contributed by atoms with Crippen molar-refractivity contribution >= 4 is 5.69 Å². The molecule has 0 saturated heterocycles. The monoisotopic (exact) mass is 146 g/mol. The minimum absolute atomic E-state index is 0.733. The van der Waals surface area contributed by atoms with Gasteiger partial charge < -0.3 is 5.32 Å². The van der Waals surface area contributed by atoms with Crippen LogP contribution in [-0.4, -0.2) is 7.05 Å². The molecule has 0 aromatic heterocycles. The smallest absolute Gasteiger partial charge is 0.0995 e. The second-order valence-electron chi connectivity index (χ2n) is 2.39. The van der Waals surface area contributed by atoms with Crippen molar-refractivity contribution in [2.45, 2.75) is 6.92 Å². The fourth-order valence-corrected chi connectivity index (χ4v) is 0.898. The largest absolute Gasteiger partial charge is 0.388 e. The fourth-order valence-electron chi connectivity index (χ4n) is 0.898. The van der Waals surface area contributed by atoms with Crippen molar-refractivity contribution in [1.82, 2.24) is 0 Å². The molecule has 2 nitrogen and oxygen atoms in total. The number of nitriles is 1. The van der Waals surface area contributed by atoms with Gasteiger partial charge in [-0.25, -0.2) is 0 Å². The summed E-state index contributed by atoms with van der Waals surface area (Å²) in [5.74, 6) is 0. The van der Waals surface area contributed by atoms with Crippen LogP contribution in [0, 0.1) is 18.3 Å². The summed E-state index contributed by atoms with van der Waals surface area (Å²) in [5.41, 5.74) is 2.73. The summed E-state index contributed by atoms with van der Waals surface area (Å²) in [5, 5.41) is 11.6. The highest BCUT2D eigenvalue weighted by Gasteiger charge is 1.96. The molecule has 0 amide bonds. The van der Waals surface area contributed by atoms with Crippen molar-refractivity contribution < 1.29 is 0 Å². The van der Waals surface area contributed by atoms with E-state index < -0.39 is 0 Å². The van der Waals surface area contributed by atoms with Gasteiger partial charge in [0, 0.05) is 12.7 Å². The average molecular weight is 146 g/mol. The maximum absolute atomic E-state index is 8.66. The van der Waals surface area contributed by atoms with E-state index in [0.717, 1.165) is 16.8 Å². The Labute approximate surface area is 66.5 Å². The first kappa shape index (κ1) is 7.62. The highest BCUT2D eigenvalue weighted by molar-refractivity contribution is 5.51. The number of nitrogens with one attached hydrogen (secondary N) is 1. The summed E-state index contributed by atoms with van der Waals surface area (Å²) >= 11 is 0. The number of hydrogen-bond donors (Lipinski definition) is 1. The number of benzene rings is 1. The first-order valence-electron chi connectivity index (χ1n) is 3.46. The van der Waals surface area contributed by atoms with Crippen molar-refractivity contribution in [1.29, 1.82) is 5.26 Å². The lowest BCUT2D eigenvalue weighted by atomic mass is 10.1. The highest BCUT2D eigenvalue weighted by Crippen LogP contribution is 2.13. The molecule has 0 atom stereocenters. The molecule has 11 heavy (non-hydrogen) atoms. The number of rotatable bonds is 1. The zero-order chi connectivity index (χ0) is 8.27. The lowest BCUT2D eigenvalue weighted by Gasteiger charge is -2.01. The van der Waals surface area contributed by atoms with Gasteiger partial charge in [0.2, 0.25) is 0 Å². The standard InChI is InChI=1S/C9H10N2/c1-7-3-4-9(11-2)5-8(7)6-10/h3-5,11H,1-2H3. The van der Waals surface area contributed by atoms with Crippen LogP contribution < -0.4 is 5.32 Å². The molecule has 0 heterocycles. The molecule has 0 spiro atoms. The molecule has 1 rings (SSSR count). The van der Waals surface area contributed by atoms with Crippen molar-refractivity contribution in [2.24, 2.45) is 0 Å². The van der Waals surface area contributed by atoms with Crippen molar-refractivity contribution in [3.63, 3.8) is 0 Å². The Balaban J connectivity index is 3.15. The van der Waals surface area contributed by atoms with Gasteiger partial charge in [0.15, 0.2) is 0 Å². The normalized spacial score (nSPS) is 8.82. The van der Waals surface area contributed by atoms with Crippen molar-refractivity contribution in [3.8, 4) is 6.07 Å². The van der Waals surface area contributed by atoms with Crippen LogP contribution in [0.5, 0.6) is 0 Å².